The van der Waals surface area contributed by atoms with Crippen molar-refractivity contribution in [1.82, 2.24) is 4.90 Å². The zero-order valence-electron chi connectivity index (χ0n) is 17.8. The Bertz CT molecular complexity index is 842. The van der Waals surface area contributed by atoms with Crippen molar-refractivity contribution in [3.63, 3.8) is 0 Å². The van der Waals surface area contributed by atoms with Gasteiger partial charge < -0.3 is 14.5 Å². The lowest BCUT2D eigenvalue weighted by atomic mass is 9.79. The van der Waals surface area contributed by atoms with E-state index < -0.39 is 17.7 Å². The third kappa shape index (κ3) is 4.39. The summed E-state index contributed by atoms with van der Waals surface area (Å²) < 4.78 is 45.0. The lowest BCUT2D eigenvalue weighted by Crippen LogP contribution is -2.55. The van der Waals surface area contributed by atoms with Crippen LogP contribution in [0.1, 0.15) is 50.2 Å². The number of esters is 1. The van der Waals surface area contributed by atoms with Gasteiger partial charge in [0.1, 0.15) is 0 Å². The van der Waals surface area contributed by atoms with Gasteiger partial charge in [0.2, 0.25) is 5.91 Å². The van der Waals surface area contributed by atoms with Gasteiger partial charge in [-0.2, -0.15) is 13.2 Å². The van der Waals surface area contributed by atoms with Gasteiger partial charge in [-0.25, -0.2) is 0 Å². The highest BCUT2D eigenvalue weighted by molar-refractivity contribution is 5.83. The second-order valence-corrected chi connectivity index (χ2v) is 8.78. The van der Waals surface area contributed by atoms with Crippen molar-refractivity contribution in [2.45, 2.75) is 57.7 Å². The van der Waals surface area contributed by atoms with Crippen LogP contribution >= 0.6 is 0 Å². The van der Waals surface area contributed by atoms with Gasteiger partial charge in [-0.05, 0) is 69.2 Å². The number of likely N-dealkylation sites (tertiary alicyclic amines) is 1. The highest BCUT2D eigenvalue weighted by atomic mass is 19.4. The van der Waals surface area contributed by atoms with Crippen LogP contribution in [0.2, 0.25) is 0 Å². The number of piperidine rings is 2. The number of hydrogen-bond donors (Lipinski definition) is 0. The lowest BCUT2D eigenvalue weighted by molar-refractivity contribution is -0.152. The highest BCUT2D eigenvalue weighted by Crippen LogP contribution is 2.42. The van der Waals surface area contributed by atoms with Crippen LogP contribution in [0.3, 0.4) is 0 Å². The minimum atomic E-state index is -4.41. The number of carbonyl (C=O) groups excluding carboxylic acids is 2. The summed E-state index contributed by atoms with van der Waals surface area (Å²) in [5.41, 5.74) is 0.739. The summed E-state index contributed by atoms with van der Waals surface area (Å²) in [5, 5.41) is 0. The van der Waals surface area contributed by atoms with Gasteiger partial charge in [0.25, 0.3) is 0 Å². The molecule has 1 aromatic rings. The molecule has 0 radical (unpaired) electrons. The van der Waals surface area contributed by atoms with E-state index in [2.05, 4.69) is 4.90 Å². The molecule has 3 aliphatic rings. The van der Waals surface area contributed by atoms with Crippen molar-refractivity contribution < 1.29 is 27.5 Å². The molecule has 5 nitrogen and oxygen atoms in total. The summed E-state index contributed by atoms with van der Waals surface area (Å²) in [5.74, 6) is -1.04. The summed E-state index contributed by atoms with van der Waals surface area (Å²) in [6, 6.07) is 3.90. The molecule has 31 heavy (non-hydrogen) atoms. The van der Waals surface area contributed by atoms with Crippen molar-refractivity contribution in [3.05, 3.63) is 29.3 Å². The molecule has 3 unspecified atom stereocenters. The number of hydrogen-bond acceptors (Lipinski definition) is 4. The number of fused-ring (bicyclic) bond motifs is 3. The van der Waals surface area contributed by atoms with Crippen LogP contribution in [-0.4, -0.2) is 49.1 Å². The lowest BCUT2D eigenvalue weighted by Gasteiger charge is -2.47. The molecule has 0 spiro atoms. The summed E-state index contributed by atoms with van der Waals surface area (Å²) in [6.45, 7) is 3.72. The topological polar surface area (TPSA) is 49.9 Å². The van der Waals surface area contributed by atoms with Crippen molar-refractivity contribution in [1.29, 1.82) is 0 Å². The first-order valence-corrected chi connectivity index (χ1v) is 11.2. The van der Waals surface area contributed by atoms with Crippen LogP contribution in [0, 0.1) is 11.8 Å². The third-order valence-corrected chi connectivity index (χ3v) is 6.84. The van der Waals surface area contributed by atoms with Crippen LogP contribution < -0.4 is 4.90 Å². The third-order valence-electron chi connectivity index (χ3n) is 6.84. The molecule has 170 valence electrons. The number of amides is 1. The summed E-state index contributed by atoms with van der Waals surface area (Å²) in [7, 11) is 0. The molecule has 0 bridgehead atoms. The minimum Gasteiger partial charge on any atom is -0.466 e. The summed E-state index contributed by atoms with van der Waals surface area (Å²) in [4.78, 5) is 29.6. The normalized spacial score (nSPS) is 26.1. The Hall–Kier alpha value is -2.25. The number of alkyl halides is 3. The first-order valence-electron chi connectivity index (χ1n) is 11.2. The maximum Gasteiger partial charge on any atom is 0.416 e. The molecule has 0 saturated carbocycles. The van der Waals surface area contributed by atoms with Gasteiger partial charge in [-0.3, -0.25) is 9.59 Å². The minimum absolute atomic E-state index is 0.00606. The SMILES string of the molecule is CCOC(=O)C1CCCN(C(=O)C2Cc3cc(C(F)(F)F)ccc3N3CCCCC23)C1. The molecule has 1 amide bonds. The second-order valence-electron chi connectivity index (χ2n) is 8.78. The molecule has 3 atom stereocenters. The van der Waals surface area contributed by atoms with Gasteiger partial charge in [0.15, 0.2) is 0 Å². The molecule has 4 rings (SSSR count). The van der Waals surface area contributed by atoms with Crippen LogP contribution in [-0.2, 0) is 26.9 Å². The van der Waals surface area contributed by atoms with Gasteiger partial charge in [-0.1, -0.05) is 0 Å². The fourth-order valence-electron chi connectivity index (χ4n) is 5.37. The fourth-order valence-corrected chi connectivity index (χ4v) is 5.37. The monoisotopic (exact) mass is 438 g/mol. The largest absolute Gasteiger partial charge is 0.466 e. The number of rotatable bonds is 3. The van der Waals surface area contributed by atoms with E-state index in [-0.39, 0.29) is 23.8 Å². The number of benzene rings is 1. The Balaban J connectivity index is 1.59. The summed E-state index contributed by atoms with van der Waals surface area (Å²) >= 11 is 0. The average Bonchev–Trinajstić information content (AvgIpc) is 2.77. The van der Waals surface area contributed by atoms with E-state index >= 15 is 0 Å². The Kier molecular flexibility index (Phi) is 6.17. The number of ether oxygens (including phenoxy) is 1. The predicted molar refractivity (Wildman–Crippen MR) is 110 cm³/mol. The van der Waals surface area contributed by atoms with E-state index in [1.165, 1.54) is 6.07 Å². The maximum atomic E-state index is 13.6. The Morgan fingerprint density at radius 3 is 2.68 bits per heavy atom. The molecule has 3 heterocycles. The fraction of sp³-hybridized carbons (Fsp3) is 0.652. The maximum absolute atomic E-state index is 13.6. The van der Waals surface area contributed by atoms with E-state index in [1.807, 2.05) is 0 Å². The van der Waals surface area contributed by atoms with E-state index in [4.69, 9.17) is 4.74 Å². The molecule has 2 saturated heterocycles. The molecule has 0 aliphatic carbocycles. The van der Waals surface area contributed by atoms with Crippen molar-refractivity contribution in [2.24, 2.45) is 11.8 Å². The first kappa shape index (κ1) is 22.0. The van der Waals surface area contributed by atoms with Gasteiger partial charge in [0, 0.05) is 31.4 Å². The number of nitrogens with zero attached hydrogens (tertiary/aromatic N) is 2. The Morgan fingerprint density at radius 1 is 1.13 bits per heavy atom. The highest BCUT2D eigenvalue weighted by Gasteiger charge is 2.43. The molecular formula is C23H29F3N2O3. The molecule has 1 aromatic carbocycles. The number of halogens is 3. The number of anilines is 1. The van der Waals surface area contributed by atoms with Crippen molar-refractivity contribution in [3.8, 4) is 0 Å². The van der Waals surface area contributed by atoms with Crippen LogP contribution in [0.4, 0.5) is 18.9 Å². The molecule has 0 aromatic heterocycles. The zero-order valence-corrected chi connectivity index (χ0v) is 17.8. The molecule has 8 heteroatoms. The van der Waals surface area contributed by atoms with Crippen molar-refractivity contribution in [2.75, 3.05) is 31.1 Å². The standard InChI is InChI=1S/C23H29F3N2O3/c1-2-31-22(30)15-6-5-10-27(14-15)21(29)18-13-16-12-17(23(24,25)26)8-9-19(16)28-11-4-3-7-20(18)28/h8-9,12,15,18,20H,2-7,10-11,13-14H2,1H3. The average molecular weight is 438 g/mol. The van der Waals surface area contributed by atoms with Gasteiger partial charge >= 0.3 is 12.1 Å². The van der Waals surface area contributed by atoms with E-state index in [0.29, 0.717) is 38.1 Å². The number of carbonyl (C=O) groups is 2. The van der Waals surface area contributed by atoms with Crippen LogP contribution in [0.25, 0.3) is 0 Å². The van der Waals surface area contributed by atoms with Gasteiger partial charge in [-0.15, -0.1) is 0 Å². The summed E-state index contributed by atoms with van der Waals surface area (Å²) in [6.07, 6.45) is 0.142. The predicted octanol–water partition coefficient (Wildman–Crippen LogP) is 4.04. The molecular weight excluding hydrogens is 409 g/mol. The van der Waals surface area contributed by atoms with Crippen LogP contribution in [0.5, 0.6) is 0 Å². The molecule has 3 aliphatic heterocycles. The second kappa shape index (κ2) is 8.71. The molecule has 2 fully saturated rings. The van der Waals surface area contributed by atoms with E-state index in [9.17, 15) is 22.8 Å². The quantitative estimate of drug-likeness (QED) is 0.669. The van der Waals surface area contributed by atoms with E-state index in [1.54, 1.807) is 17.9 Å². The molecule has 0 N–H and O–H groups in total. The van der Waals surface area contributed by atoms with Crippen molar-refractivity contribution >= 4 is 17.6 Å². The van der Waals surface area contributed by atoms with E-state index in [0.717, 1.165) is 44.0 Å². The smallest absolute Gasteiger partial charge is 0.416 e. The van der Waals surface area contributed by atoms with Crippen LogP contribution in [0.15, 0.2) is 18.2 Å². The zero-order chi connectivity index (χ0) is 22.2. The first-order chi connectivity index (χ1) is 14.8. The Labute approximate surface area is 180 Å². The van der Waals surface area contributed by atoms with Gasteiger partial charge in [0.05, 0.1) is 24.0 Å². The Morgan fingerprint density at radius 2 is 1.94 bits per heavy atom.